The molecule has 0 aliphatic carbocycles. The molecule has 0 saturated carbocycles. The first kappa shape index (κ1) is 19.1. The molecule has 0 aliphatic heterocycles. The van der Waals surface area contributed by atoms with Crippen LogP contribution in [0.25, 0.3) is 0 Å². The molecule has 7 heteroatoms. The Morgan fingerprint density at radius 3 is 2.48 bits per heavy atom. The zero-order valence-corrected chi connectivity index (χ0v) is 14.6. The minimum atomic E-state index is -4.60. The van der Waals surface area contributed by atoms with Gasteiger partial charge in [0.15, 0.2) is 6.10 Å². The van der Waals surface area contributed by atoms with Crippen molar-refractivity contribution in [2.24, 2.45) is 0 Å². The second-order valence-corrected chi connectivity index (χ2v) is 6.12. The number of hydrogen-bond acceptors (Lipinski definition) is 2. The lowest BCUT2D eigenvalue weighted by Crippen LogP contribution is -2.30. The maximum Gasteiger partial charge on any atom is 0.417 e. The maximum atomic E-state index is 12.9. The lowest BCUT2D eigenvalue weighted by Gasteiger charge is -2.17. The van der Waals surface area contributed by atoms with Crippen molar-refractivity contribution in [2.45, 2.75) is 33.1 Å². The molecule has 0 aromatic heterocycles. The number of alkyl halides is 3. The van der Waals surface area contributed by atoms with Gasteiger partial charge in [0.1, 0.15) is 5.75 Å². The summed E-state index contributed by atoms with van der Waals surface area (Å²) in [6.07, 6.45) is -5.48. The molecule has 0 spiro atoms. The molecule has 2 aromatic carbocycles. The average Bonchev–Trinajstić information content (AvgIpc) is 2.51. The predicted octanol–water partition coefficient (Wildman–Crippen LogP) is 5.38. The van der Waals surface area contributed by atoms with E-state index in [1.165, 1.54) is 13.0 Å². The topological polar surface area (TPSA) is 38.3 Å². The number of halogens is 4. The van der Waals surface area contributed by atoms with E-state index in [9.17, 15) is 18.0 Å². The van der Waals surface area contributed by atoms with E-state index in [2.05, 4.69) is 5.32 Å². The molecule has 3 nitrogen and oxygen atoms in total. The normalized spacial score (nSPS) is 12.6. The van der Waals surface area contributed by atoms with E-state index in [1.807, 2.05) is 26.0 Å². The van der Waals surface area contributed by atoms with Crippen LogP contribution in [0.2, 0.25) is 5.02 Å². The van der Waals surface area contributed by atoms with Gasteiger partial charge in [0.2, 0.25) is 0 Å². The Kier molecular flexibility index (Phi) is 5.62. The fourth-order valence-corrected chi connectivity index (χ4v) is 2.37. The fraction of sp³-hybridized carbons (Fsp3) is 0.278. The highest BCUT2D eigenvalue weighted by atomic mass is 35.5. The first-order valence-corrected chi connectivity index (χ1v) is 7.87. The van der Waals surface area contributed by atoms with Crippen molar-refractivity contribution in [3.63, 3.8) is 0 Å². The van der Waals surface area contributed by atoms with Crippen molar-refractivity contribution in [1.82, 2.24) is 0 Å². The monoisotopic (exact) mass is 371 g/mol. The van der Waals surface area contributed by atoms with Crippen LogP contribution in [-0.2, 0) is 11.0 Å². The van der Waals surface area contributed by atoms with Crippen LogP contribution in [0.15, 0.2) is 36.4 Å². The van der Waals surface area contributed by atoms with Gasteiger partial charge < -0.3 is 10.1 Å². The molecular weight excluding hydrogens is 355 g/mol. The molecule has 0 radical (unpaired) electrons. The van der Waals surface area contributed by atoms with Crippen LogP contribution in [0, 0.1) is 13.8 Å². The first-order valence-electron chi connectivity index (χ1n) is 7.49. The van der Waals surface area contributed by atoms with Gasteiger partial charge in [-0.15, -0.1) is 0 Å². The van der Waals surface area contributed by atoms with Crippen LogP contribution in [0.5, 0.6) is 5.75 Å². The standard InChI is InChI=1S/C18H17ClF3NO2/c1-10-4-5-11(2)16(8-10)25-12(3)17(24)23-13-6-7-15(19)14(9-13)18(20,21)22/h4-9,12H,1-3H3,(H,23,24)/t12-/m1/s1. The van der Waals surface area contributed by atoms with E-state index >= 15 is 0 Å². The minimum absolute atomic E-state index is 0.00172. The summed E-state index contributed by atoms with van der Waals surface area (Å²) in [5.74, 6) is -0.00825. The summed E-state index contributed by atoms with van der Waals surface area (Å²) in [6, 6.07) is 8.77. The van der Waals surface area contributed by atoms with Gasteiger partial charge in [-0.05, 0) is 56.2 Å². The maximum absolute atomic E-state index is 12.9. The number of nitrogens with one attached hydrogen (secondary N) is 1. The number of hydrogen-bond donors (Lipinski definition) is 1. The summed E-state index contributed by atoms with van der Waals surface area (Å²) < 4.78 is 44.2. The lowest BCUT2D eigenvalue weighted by atomic mass is 10.1. The summed E-state index contributed by atoms with van der Waals surface area (Å²) in [4.78, 5) is 12.2. The molecule has 0 bridgehead atoms. The molecule has 2 rings (SSSR count). The number of carbonyl (C=O) groups excluding carboxylic acids is 1. The molecule has 2 aromatic rings. The third-order valence-electron chi connectivity index (χ3n) is 3.56. The summed E-state index contributed by atoms with van der Waals surface area (Å²) >= 11 is 5.56. The Morgan fingerprint density at radius 1 is 1.16 bits per heavy atom. The van der Waals surface area contributed by atoms with E-state index < -0.39 is 28.8 Å². The van der Waals surface area contributed by atoms with Crippen LogP contribution in [-0.4, -0.2) is 12.0 Å². The summed E-state index contributed by atoms with van der Waals surface area (Å²) in [6.45, 7) is 5.26. The predicted molar refractivity (Wildman–Crippen MR) is 91.1 cm³/mol. The van der Waals surface area contributed by atoms with Gasteiger partial charge in [-0.1, -0.05) is 23.7 Å². The van der Waals surface area contributed by atoms with Crippen molar-refractivity contribution in [2.75, 3.05) is 5.32 Å². The Balaban J connectivity index is 2.12. The Morgan fingerprint density at radius 2 is 1.84 bits per heavy atom. The van der Waals surface area contributed by atoms with Crippen molar-refractivity contribution < 1.29 is 22.7 Å². The van der Waals surface area contributed by atoms with Gasteiger partial charge in [-0.25, -0.2) is 0 Å². The Hall–Kier alpha value is -2.21. The van der Waals surface area contributed by atoms with Gasteiger partial charge >= 0.3 is 6.18 Å². The van der Waals surface area contributed by atoms with Crippen LogP contribution >= 0.6 is 11.6 Å². The summed E-state index contributed by atoms with van der Waals surface area (Å²) in [7, 11) is 0. The summed E-state index contributed by atoms with van der Waals surface area (Å²) in [5, 5.41) is 1.99. The number of rotatable bonds is 4. The molecule has 134 valence electrons. The lowest BCUT2D eigenvalue weighted by molar-refractivity contribution is -0.137. The quantitative estimate of drug-likeness (QED) is 0.783. The number of ether oxygens (including phenoxy) is 1. The highest BCUT2D eigenvalue weighted by Gasteiger charge is 2.33. The van der Waals surface area contributed by atoms with Crippen LogP contribution in [0.4, 0.5) is 18.9 Å². The minimum Gasteiger partial charge on any atom is -0.481 e. The molecule has 25 heavy (non-hydrogen) atoms. The van der Waals surface area contributed by atoms with Gasteiger partial charge in [0.05, 0.1) is 10.6 Å². The third-order valence-corrected chi connectivity index (χ3v) is 3.89. The largest absolute Gasteiger partial charge is 0.481 e. The molecule has 0 unspecified atom stereocenters. The van der Waals surface area contributed by atoms with Crippen LogP contribution in [0.1, 0.15) is 23.6 Å². The SMILES string of the molecule is Cc1ccc(C)c(O[C@H](C)C(=O)Nc2ccc(Cl)c(C(F)(F)F)c2)c1. The highest BCUT2D eigenvalue weighted by molar-refractivity contribution is 6.31. The smallest absolute Gasteiger partial charge is 0.417 e. The van der Waals surface area contributed by atoms with Gasteiger partial charge in [0, 0.05) is 5.69 Å². The van der Waals surface area contributed by atoms with Crippen LogP contribution < -0.4 is 10.1 Å². The van der Waals surface area contributed by atoms with Crippen LogP contribution in [0.3, 0.4) is 0 Å². The fourth-order valence-electron chi connectivity index (χ4n) is 2.14. The molecule has 0 heterocycles. The zero-order chi connectivity index (χ0) is 18.8. The molecule has 1 N–H and O–H groups in total. The first-order chi connectivity index (χ1) is 11.6. The number of aryl methyl sites for hydroxylation is 2. The highest BCUT2D eigenvalue weighted by Crippen LogP contribution is 2.36. The van der Waals surface area contributed by atoms with Crippen molar-refractivity contribution >= 4 is 23.2 Å². The molecule has 1 atom stereocenters. The van der Waals surface area contributed by atoms with E-state index in [0.29, 0.717) is 5.75 Å². The number of carbonyl (C=O) groups is 1. The van der Waals surface area contributed by atoms with E-state index in [1.54, 1.807) is 6.07 Å². The second kappa shape index (κ2) is 7.35. The number of amides is 1. The van der Waals surface area contributed by atoms with E-state index in [0.717, 1.165) is 23.3 Å². The molecular formula is C18H17ClF3NO2. The number of benzene rings is 2. The van der Waals surface area contributed by atoms with Crippen molar-refractivity contribution in [3.05, 3.63) is 58.1 Å². The van der Waals surface area contributed by atoms with Gasteiger partial charge in [-0.3, -0.25) is 4.79 Å². The second-order valence-electron chi connectivity index (χ2n) is 5.71. The molecule has 0 aliphatic rings. The van der Waals surface area contributed by atoms with E-state index in [-0.39, 0.29) is 5.69 Å². The summed E-state index contributed by atoms with van der Waals surface area (Å²) in [5.41, 5.74) is 0.824. The Labute approximate surface area is 148 Å². The van der Waals surface area contributed by atoms with Gasteiger partial charge in [-0.2, -0.15) is 13.2 Å². The van der Waals surface area contributed by atoms with Crippen molar-refractivity contribution in [3.8, 4) is 5.75 Å². The van der Waals surface area contributed by atoms with Crippen molar-refractivity contribution in [1.29, 1.82) is 0 Å². The Bertz CT molecular complexity index is 790. The molecule has 1 amide bonds. The third kappa shape index (κ3) is 4.89. The number of anilines is 1. The van der Waals surface area contributed by atoms with E-state index in [4.69, 9.17) is 16.3 Å². The zero-order valence-electron chi connectivity index (χ0n) is 13.9. The molecule has 0 saturated heterocycles. The average molecular weight is 372 g/mol. The molecule has 0 fully saturated rings. The van der Waals surface area contributed by atoms with Gasteiger partial charge in [0.25, 0.3) is 5.91 Å².